The highest BCUT2D eigenvalue weighted by Gasteiger charge is 2.27. The van der Waals surface area contributed by atoms with Gasteiger partial charge in [-0.2, -0.15) is 0 Å². The zero-order chi connectivity index (χ0) is 78.0. The summed E-state index contributed by atoms with van der Waals surface area (Å²) >= 11 is 11.0. The molecule has 0 aliphatic rings. The van der Waals surface area contributed by atoms with Crippen LogP contribution in [0.3, 0.4) is 0 Å². The molecule has 29 nitrogen and oxygen atoms in total. The number of thiazole rings is 5. The van der Waals surface area contributed by atoms with Gasteiger partial charge < -0.3 is 46.1 Å². The van der Waals surface area contributed by atoms with Crippen LogP contribution in [-0.2, 0) is 35.1 Å². The average Bonchev–Trinajstić information content (AvgIpc) is 1.65. The fourth-order valence-electron chi connectivity index (χ4n) is 9.28. The molecule has 0 bridgehead atoms. The highest BCUT2D eigenvalue weighted by atomic mass is 35.5. The average molecular weight is 1580 g/mol. The Labute approximate surface area is 638 Å². The normalized spacial score (nSPS) is 11.6. The van der Waals surface area contributed by atoms with Crippen molar-refractivity contribution in [1.82, 2.24) is 35.9 Å². The number of nitrogens with one attached hydrogen (secondary N) is 7. The largest absolute Gasteiger partial charge is 0.497 e. The van der Waals surface area contributed by atoms with Gasteiger partial charge in [0.2, 0.25) is 23.6 Å². The lowest BCUT2D eigenvalue weighted by Crippen LogP contribution is -2.25. The number of hydroxylamine groups is 2. The summed E-state index contributed by atoms with van der Waals surface area (Å²) in [5, 5.41) is 59.0. The number of hydrogen-bond donors (Lipinski definition) is 12. The van der Waals surface area contributed by atoms with Gasteiger partial charge in [-0.3, -0.25) is 63.7 Å². The molecule has 0 spiro atoms. The fourth-order valence-corrected chi connectivity index (χ4v) is 13.1. The molecule has 5 aromatic carbocycles. The monoisotopic (exact) mass is 1570 g/mol. The molecule has 4 unspecified atom stereocenters. The first-order chi connectivity index (χ1) is 51.5. The number of carbonyl (C=O) groups excluding carboxylic acids is 10. The molecule has 5 aromatic heterocycles. The van der Waals surface area contributed by atoms with Crippen molar-refractivity contribution >= 4 is 153 Å². The van der Waals surface area contributed by atoms with E-state index in [4.69, 9.17) is 46.8 Å². The number of aryl methyl sites for hydroxylation is 1. The predicted octanol–water partition coefficient (Wildman–Crippen LogP) is 11.3. The molecular formula is C72H75ClN12O17S5. The number of methoxy groups -OCH3 is 2. The molecule has 0 saturated heterocycles. The van der Waals surface area contributed by atoms with Crippen molar-refractivity contribution in [2.45, 2.75) is 70.8 Å². The van der Waals surface area contributed by atoms with Crippen molar-refractivity contribution in [1.29, 1.82) is 0 Å². The van der Waals surface area contributed by atoms with Gasteiger partial charge in [0.25, 0.3) is 17.7 Å². The molecule has 12 N–H and O–H groups in total. The third-order valence-electron chi connectivity index (χ3n) is 14.8. The molecule has 4 atom stereocenters. The summed E-state index contributed by atoms with van der Waals surface area (Å²) in [5.74, 6) is -3.86. The summed E-state index contributed by atoms with van der Waals surface area (Å²) in [5.41, 5.74) is 7.47. The summed E-state index contributed by atoms with van der Waals surface area (Å²) < 4.78 is 10.3. The molecule has 0 aliphatic carbocycles. The number of aliphatic hydroxyl groups is 3. The lowest BCUT2D eigenvalue weighted by atomic mass is 9.88. The highest BCUT2D eigenvalue weighted by Crippen LogP contribution is 2.31. The van der Waals surface area contributed by atoms with Crippen molar-refractivity contribution < 1.29 is 83.2 Å². The van der Waals surface area contributed by atoms with Gasteiger partial charge >= 0.3 is 0 Å². The van der Waals surface area contributed by atoms with Crippen LogP contribution >= 0.6 is 68.3 Å². The Kier molecular flexibility index (Phi) is 35.4. The molecular weight excluding hydrogens is 1500 g/mol. The Morgan fingerprint density at radius 1 is 0.449 bits per heavy atom. The lowest BCUT2D eigenvalue weighted by molar-refractivity contribution is -0.126. The maximum Gasteiger partial charge on any atom is 0.286 e. The summed E-state index contributed by atoms with van der Waals surface area (Å²) in [7, 11) is 3.02. The van der Waals surface area contributed by atoms with Crippen LogP contribution in [0, 0.1) is 5.92 Å². The molecule has 0 radical (unpaired) electrons. The van der Waals surface area contributed by atoms with Crippen LogP contribution in [0.2, 0.25) is 5.02 Å². The first-order valence-corrected chi connectivity index (χ1v) is 36.6. The second kappa shape index (κ2) is 44.4. The number of ketones is 3. The minimum absolute atomic E-state index is 0.0784. The second-order valence-corrected chi connectivity index (χ2v) is 28.0. The van der Waals surface area contributed by atoms with Gasteiger partial charge in [0.05, 0.1) is 70.5 Å². The van der Waals surface area contributed by atoms with Gasteiger partial charge in [0.1, 0.15) is 35.3 Å². The van der Waals surface area contributed by atoms with Crippen molar-refractivity contribution in [3.8, 4) is 5.75 Å². The van der Waals surface area contributed by atoms with Gasteiger partial charge in [-0.1, -0.05) is 204 Å². The number of Topliss-reactive ketones (excluding diaryl/α,β-unsaturated/α-hetero) is 3. The van der Waals surface area contributed by atoms with Crippen LogP contribution in [0.4, 0.5) is 25.7 Å². The van der Waals surface area contributed by atoms with E-state index in [1.165, 1.54) is 49.1 Å². The number of ether oxygens (including phenoxy) is 2. The van der Waals surface area contributed by atoms with Gasteiger partial charge in [-0.05, 0) is 77.8 Å². The van der Waals surface area contributed by atoms with E-state index in [0.717, 1.165) is 84.7 Å². The van der Waals surface area contributed by atoms with E-state index >= 15 is 0 Å². The summed E-state index contributed by atoms with van der Waals surface area (Å²) in [6.07, 6.45) is 7.45. The van der Waals surface area contributed by atoms with Crippen LogP contribution in [-0.4, -0.2) is 143 Å². The Morgan fingerprint density at radius 3 is 1.24 bits per heavy atom. The molecule has 107 heavy (non-hydrogen) atoms. The molecule has 0 aliphatic heterocycles. The van der Waals surface area contributed by atoms with E-state index in [0.29, 0.717) is 65.0 Å². The van der Waals surface area contributed by atoms with Crippen molar-refractivity contribution in [2.24, 2.45) is 5.92 Å². The van der Waals surface area contributed by atoms with Crippen LogP contribution in [0.1, 0.15) is 141 Å². The standard InChI is InChI=1S/C16H17ClN2O3S.C16H18N2O4S.C14H14N2O3S.C13H13N3O4S.C13H13N3O3S/c1-9(2)14(10-3-5-11(17)6-4-10)15(22)19-16-18-7-13(23-16)12(21)8-20;1-3-12(10-4-6-11(22-2)7-5-10)15(21)18-16-17-8-14(23-16)13(20)9-19;1-9(10-5-3-2-4-6-10)13(19)16-14-15-7-12(20-14)11(18)8-17;1-20-10(8-5-3-2-4-6-8)12(18)15-13-14-7-9(21-13)11(17)16-19;17-11(7-6-9-4-2-1-3-5-9)15-13-14-8-10(20-13)12(18)16-19/h3-7,9,14,20H,8H2,1-2H3,(H,18,19,22);4-8,12,19H,3,9H2,1-2H3,(H,17,18,21);2-7,9,17H,8H2,1H3,(H,15,16,19);2-7,10,19H,1H3,(H,16,17)(H,14,15,18);1-5,8,19H,6-7H2,(H,16,18)(H,14,15,17). The number of anilines is 5. The molecule has 10 aromatic rings. The summed E-state index contributed by atoms with van der Waals surface area (Å²) in [6, 6.07) is 42.6. The third kappa shape index (κ3) is 27.1. The maximum absolute atomic E-state index is 12.6. The van der Waals surface area contributed by atoms with Crippen LogP contribution < -0.4 is 42.3 Å². The molecule has 562 valence electrons. The number of hydrogen-bond acceptors (Lipinski definition) is 27. The number of aliphatic hydroxyl groups excluding tert-OH is 3. The first-order valence-electron chi connectivity index (χ1n) is 32.2. The Balaban J connectivity index is 0.000000210. The zero-order valence-corrected chi connectivity index (χ0v) is 62.9. The van der Waals surface area contributed by atoms with E-state index in [-0.39, 0.29) is 62.2 Å². The van der Waals surface area contributed by atoms with Gasteiger partial charge in [-0.15, -0.1) is 0 Å². The van der Waals surface area contributed by atoms with E-state index in [1.807, 2.05) is 136 Å². The second-order valence-electron chi connectivity index (χ2n) is 22.4. The number of aromatic nitrogens is 5. The third-order valence-corrected chi connectivity index (χ3v) is 19.7. The molecule has 7 amide bonds. The van der Waals surface area contributed by atoms with Crippen molar-refractivity contribution in [3.05, 3.63) is 228 Å². The van der Waals surface area contributed by atoms with Crippen molar-refractivity contribution in [2.75, 3.05) is 60.6 Å². The molecule has 5 heterocycles. The zero-order valence-electron chi connectivity index (χ0n) is 58.1. The number of rotatable bonds is 28. The van der Waals surface area contributed by atoms with E-state index < -0.39 is 61.0 Å². The van der Waals surface area contributed by atoms with Gasteiger partial charge in [0.15, 0.2) is 49.1 Å². The number of benzene rings is 5. The van der Waals surface area contributed by atoms with Gasteiger partial charge in [-0.25, -0.2) is 35.9 Å². The minimum atomic E-state index is -0.773. The number of amides is 7. The maximum atomic E-state index is 12.6. The molecule has 35 heteroatoms. The molecule has 0 fully saturated rings. The Bertz CT molecular complexity index is 4540. The van der Waals surface area contributed by atoms with Crippen LogP contribution in [0.5, 0.6) is 5.75 Å². The smallest absolute Gasteiger partial charge is 0.286 e. The molecule has 10 rings (SSSR count). The quantitative estimate of drug-likeness (QED) is 0.0123. The molecule has 0 saturated carbocycles. The topological polar surface area (TPSA) is 439 Å². The van der Waals surface area contributed by atoms with Crippen molar-refractivity contribution in [3.63, 3.8) is 0 Å². The number of halogens is 1. The van der Waals surface area contributed by atoms with E-state index in [1.54, 1.807) is 38.3 Å². The van der Waals surface area contributed by atoms with Crippen LogP contribution in [0.15, 0.2) is 171 Å². The fraction of sp³-hybridized carbons (Fsp3) is 0.236. The summed E-state index contributed by atoms with van der Waals surface area (Å²) in [6.45, 7) is 5.95. The predicted molar refractivity (Wildman–Crippen MR) is 407 cm³/mol. The summed E-state index contributed by atoms with van der Waals surface area (Å²) in [4.78, 5) is 139. The Hall–Kier alpha value is -10.6. The van der Waals surface area contributed by atoms with E-state index in [9.17, 15) is 47.9 Å². The first kappa shape index (κ1) is 85.3. The minimum Gasteiger partial charge on any atom is -0.497 e. The Morgan fingerprint density at radius 2 is 0.832 bits per heavy atom. The van der Waals surface area contributed by atoms with Gasteiger partial charge in [0, 0.05) is 18.6 Å². The number of nitrogens with zero attached hydrogens (tertiary/aromatic N) is 5. The lowest BCUT2D eigenvalue weighted by Gasteiger charge is -2.20. The van der Waals surface area contributed by atoms with Crippen LogP contribution in [0.25, 0.3) is 0 Å². The highest BCUT2D eigenvalue weighted by molar-refractivity contribution is 7.19. The van der Waals surface area contributed by atoms with E-state index in [2.05, 4.69) is 51.5 Å². The SMILES string of the molecule is CC(C(=O)Nc1ncc(C(=O)CO)s1)c1ccccc1.CC(C)C(C(=O)Nc1ncc(C(=O)CO)s1)c1ccc(Cl)cc1.CCC(C(=O)Nc1ncc(C(=O)CO)s1)c1ccc(OC)cc1.COC(C(=O)Nc1ncc(C(=O)NO)s1)c1ccccc1.O=C(CCc1ccccc1)Nc1ncc(C(=O)NO)s1. The number of carbonyl (C=O) groups is 10.